The Morgan fingerprint density at radius 2 is 0.526 bits per heavy atom. The third-order valence-electron chi connectivity index (χ3n) is 14.1. The molecule has 0 spiro atoms. The molecule has 0 fully saturated rings. The van der Waals surface area contributed by atoms with Gasteiger partial charge in [0.15, 0.2) is 6.10 Å². The summed E-state index contributed by atoms with van der Waals surface area (Å²) in [6, 6.07) is 0. The summed E-state index contributed by atoms with van der Waals surface area (Å²) < 4.78 is 16.7. The van der Waals surface area contributed by atoms with Crippen LogP contribution < -0.4 is 0 Å². The molecule has 0 saturated heterocycles. The summed E-state index contributed by atoms with van der Waals surface area (Å²) in [5.41, 5.74) is 0. The quantitative estimate of drug-likeness (QED) is 0.0261. The van der Waals surface area contributed by atoms with Gasteiger partial charge in [0, 0.05) is 19.3 Å². The van der Waals surface area contributed by atoms with Crippen molar-refractivity contribution in [3.05, 3.63) is 85.1 Å². The van der Waals surface area contributed by atoms with Gasteiger partial charge in [0.25, 0.3) is 0 Å². The molecule has 6 nitrogen and oxygen atoms in total. The highest BCUT2D eigenvalue weighted by atomic mass is 16.6. The molecule has 76 heavy (non-hydrogen) atoms. The number of carbonyl (C=O) groups is 3. The molecule has 0 aliphatic heterocycles. The van der Waals surface area contributed by atoms with Crippen molar-refractivity contribution in [1.82, 2.24) is 0 Å². The highest BCUT2D eigenvalue weighted by Crippen LogP contribution is 2.17. The molecule has 0 aliphatic carbocycles. The van der Waals surface area contributed by atoms with E-state index in [1.54, 1.807) is 0 Å². The van der Waals surface area contributed by atoms with Gasteiger partial charge in [0.05, 0.1) is 0 Å². The molecule has 0 amide bonds. The van der Waals surface area contributed by atoms with Crippen molar-refractivity contribution < 1.29 is 28.6 Å². The molecule has 0 bridgehead atoms. The number of unbranched alkanes of at least 4 members (excludes halogenated alkanes) is 34. The fraction of sp³-hybridized carbons (Fsp3) is 0.757. The molecule has 0 aliphatic rings. The first-order valence-electron chi connectivity index (χ1n) is 32.6. The minimum atomic E-state index is -0.801. The Hall–Kier alpha value is -3.41. The van der Waals surface area contributed by atoms with E-state index in [2.05, 4.69) is 106 Å². The van der Waals surface area contributed by atoms with Crippen LogP contribution in [0.25, 0.3) is 0 Å². The molecule has 0 saturated carbocycles. The number of hydrogen-bond donors (Lipinski definition) is 0. The maximum Gasteiger partial charge on any atom is 0.306 e. The standard InChI is InChI=1S/C70H122O6/c1-4-7-10-13-16-18-20-22-24-26-27-28-29-30-31-32-33-34-35-36-37-38-39-40-41-42-43-45-46-48-50-52-54-57-60-63-69(72)75-66-67(65-74-68(71)62-59-56-15-12-9-6-3)76-70(73)64-61-58-55-53-51-49-47-44-25-23-21-19-17-14-11-8-5-2/h8,11,17,19-20,22-23,25-27,47,49,53,55,67H,4-7,9-10,12-16,18,21,24,28-46,48,50-52,54,56-66H2,1-3H3/b11-8-,19-17-,22-20-,25-23-,27-26-,49-47-,55-53-. The molecule has 0 radical (unpaired) electrons. The first kappa shape index (κ1) is 72.6. The van der Waals surface area contributed by atoms with E-state index in [0.717, 1.165) is 83.5 Å². The number of ether oxygens (including phenoxy) is 3. The Morgan fingerprint density at radius 3 is 0.842 bits per heavy atom. The van der Waals surface area contributed by atoms with Crippen LogP contribution in [0.2, 0.25) is 0 Å². The fourth-order valence-electron chi connectivity index (χ4n) is 9.28. The summed E-state index contributed by atoms with van der Waals surface area (Å²) >= 11 is 0. The van der Waals surface area contributed by atoms with Crippen LogP contribution in [0.5, 0.6) is 0 Å². The van der Waals surface area contributed by atoms with Crippen molar-refractivity contribution in [1.29, 1.82) is 0 Å². The van der Waals surface area contributed by atoms with Gasteiger partial charge >= 0.3 is 17.9 Å². The second kappa shape index (κ2) is 64.1. The van der Waals surface area contributed by atoms with Crippen LogP contribution in [0.4, 0.5) is 0 Å². The SMILES string of the molecule is CC/C=C\C/C=C\C/C=C\C/C=C\C/C=C\CCCC(=O)OC(COC(=O)CCCCCCCC)COC(=O)CCCCCCCCCCCCCCCCCCCCCCCCC/C=C\C/C=C\CCCCCCC. The minimum absolute atomic E-state index is 0.0960. The van der Waals surface area contributed by atoms with E-state index in [9.17, 15) is 14.4 Å². The van der Waals surface area contributed by atoms with Crippen LogP contribution in [0.1, 0.15) is 323 Å². The van der Waals surface area contributed by atoms with Gasteiger partial charge in [-0.3, -0.25) is 14.4 Å². The van der Waals surface area contributed by atoms with Gasteiger partial charge in [-0.2, -0.15) is 0 Å². The van der Waals surface area contributed by atoms with E-state index >= 15 is 0 Å². The fourth-order valence-corrected chi connectivity index (χ4v) is 9.28. The molecule has 0 heterocycles. The van der Waals surface area contributed by atoms with Crippen LogP contribution >= 0.6 is 0 Å². The first-order valence-corrected chi connectivity index (χ1v) is 32.6. The number of carbonyl (C=O) groups excluding carboxylic acids is 3. The summed E-state index contributed by atoms with van der Waals surface area (Å²) in [7, 11) is 0. The second-order valence-electron chi connectivity index (χ2n) is 21.6. The van der Waals surface area contributed by atoms with Crippen molar-refractivity contribution in [2.75, 3.05) is 13.2 Å². The lowest BCUT2D eigenvalue weighted by Crippen LogP contribution is -2.30. The Bertz CT molecular complexity index is 1450. The lowest BCUT2D eigenvalue weighted by molar-refractivity contribution is -0.167. The molecule has 0 aromatic rings. The second-order valence-corrected chi connectivity index (χ2v) is 21.6. The lowest BCUT2D eigenvalue weighted by Gasteiger charge is -2.18. The highest BCUT2D eigenvalue weighted by Gasteiger charge is 2.19. The van der Waals surface area contributed by atoms with Crippen LogP contribution in [0, 0.1) is 0 Å². The zero-order valence-corrected chi connectivity index (χ0v) is 50.3. The average Bonchev–Trinajstić information content (AvgIpc) is 3.42. The van der Waals surface area contributed by atoms with E-state index in [1.807, 2.05) is 0 Å². The van der Waals surface area contributed by atoms with E-state index in [4.69, 9.17) is 14.2 Å². The predicted octanol–water partition coefficient (Wildman–Crippen LogP) is 22.3. The first-order chi connectivity index (χ1) is 37.5. The maximum absolute atomic E-state index is 12.8. The van der Waals surface area contributed by atoms with Crippen molar-refractivity contribution >= 4 is 17.9 Å². The third-order valence-corrected chi connectivity index (χ3v) is 14.1. The summed E-state index contributed by atoms with van der Waals surface area (Å²) in [4.78, 5) is 37.9. The summed E-state index contributed by atoms with van der Waals surface area (Å²) in [6.07, 6.45) is 85.2. The Balaban J connectivity index is 3.97. The zero-order chi connectivity index (χ0) is 55.0. The van der Waals surface area contributed by atoms with E-state index in [1.165, 1.54) is 193 Å². The van der Waals surface area contributed by atoms with Gasteiger partial charge in [-0.05, 0) is 89.9 Å². The highest BCUT2D eigenvalue weighted by molar-refractivity contribution is 5.71. The van der Waals surface area contributed by atoms with Crippen LogP contribution in [-0.2, 0) is 28.6 Å². The lowest BCUT2D eigenvalue weighted by atomic mass is 10.0. The van der Waals surface area contributed by atoms with Crippen molar-refractivity contribution in [2.45, 2.75) is 329 Å². The summed E-state index contributed by atoms with van der Waals surface area (Å²) in [5, 5.41) is 0. The smallest absolute Gasteiger partial charge is 0.306 e. The van der Waals surface area contributed by atoms with E-state index in [-0.39, 0.29) is 37.5 Å². The molecule has 6 heteroatoms. The van der Waals surface area contributed by atoms with E-state index in [0.29, 0.717) is 19.3 Å². The number of allylic oxidation sites excluding steroid dienone is 14. The van der Waals surface area contributed by atoms with E-state index < -0.39 is 6.10 Å². The number of rotatable bonds is 59. The Labute approximate surface area is 471 Å². The monoisotopic (exact) mass is 1060 g/mol. The number of hydrogen-bond acceptors (Lipinski definition) is 6. The maximum atomic E-state index is 12.8. The summed E-state index contributed by atoms with van der Waals surface area (Å²) in [6.45, 7) is 6.43. The van der Waals surface area contributed by atoms with Gasteiger partial charge < -0.3 is 14.2 Å². The normalized spacial score (nSPS) is 12.6. The molecule has 0 rings (SSSR count). The van der Waals surface area contributed by atoms with Gasteiger partial charge in [-0.1, -0.05) is 298 Å². The topological polar surface area (TPSA) is 78.9 Å². The van der Waals surface area contributed by atoms with Crippen LogP contribution in [-0.4, -0.2) is 37.2 Å². The van der Waals surface area contributed by atoms with Crippen molar-refractivity contribution in [3.63, 3.8) is 0 Å². The Morgan fingerprint density at radius 1 is 0.276 bits per heavy atom. The van der Waals surface area contributed by atoms with Crippen molar-refractivity contribution in [2.24, 2.45) is 0 Å². The summed E-state index contributed by atoms with van der Waals surface area (Å²) in [5.74, 6) is -0.956. The average molecular weight is 1060 g/mol. The van der Waals surface area contributed by atoms with Gasteiger partial charge in [-0.15, -0.1) is 0 Å². The molecule has 0 aromatic carbocycles. The molecular formula is C70H122O6. The van der Waals surface area contributed by atoms with Crippen LogP contribution in [0.15, 0.2) is 85.1 Å². The zero-order valence-electron chi connectivity index (χ0n) is 50.3. The molecule has 0 N–H and O–H groups in total. The Kier molecular flexibility index (Phi) is 61.2. The molecule has 1 unspecified atom stereocenters. The van der Waals surface area contributed by atoms with Crippen LogP contribution in [0.3, 0.4) is 0 Å². The predicted molar refractivity (Wildman–Crippen MR) is 330 cm³/mol. The molecular weight excluding hydrogens is 937 g/mol. The molecule has 1 atom stereocenters. The van der Waals surface area contributed by atoms with Crippen molar-refractivity contribution in [3.8, 4) is 0 Å². The molecule has 438 valence electrons. The molecule has 0 aromatic heterocycles. The largest absolute Gasteiger partial charge is 0.462 e. The van der Waals surface area contributed by atoms with Gasteiger partial charge in [0.2, 0.25) is 0 Å². The van der Waals surface area contributed by atoms with Gasteiger partial charge in [-0.25, -0.2) is 0 Å². The third kappa shape index (κ3) is 61.4. The number of esters is 3. The van der Waals surface area contributed by atoms with Gasteiger partial charge in [0.1, 0.15) is 13.2 Å². The minimum Gasteiger partial charge on any atom is -0.462 e.